The van der Waals surface area contributed by atoms with E-state index in [1.807, 2.05) is 24.3 Å². The van der Waals surface area contributed by atoms with Gasteiger partial charge < -0.3 is 4.74 Å². The maximum absolute atomic E-state index is 5.59. The van der Waals surface area contributed by atoms with Crippen molar-refractivity contribution in [1.29, 1.82) is 0 Å². The molecule has 0 bridgehead atoms. The van der Waals surface area contributed by atoms with Gasteiger partial charge in [-0.05, 0) is 30.2 Å². The molecule has 0 radical (unpaired) electrons. The van der Waals surface area contributed by atoms with Crippen LogP contribution >= 0.6 is 15.9 Å². The van der Waals surface area contributed by atoms with Crippen LogP contribution in [0.15, 0.2) is 28.7 Å². The van der Waals surface area contributed by atoms with Crippen molar-refractivity contribution < 1.29 is 4.74 Å². The SMILES string of the molecule is CC[C@H](C)COc1ccc(Br)cc1. The van der Waals surface area contributed by atoms with Crippen LogP contribution in [-0.4, -0.2) is 6.61 Å². The Balaban J connectivity index is 2.41. The zero-order valence-corrected chi connectivity index (χ0v) is 9.67. The average Bonchev–Trinajstić information content (AvgIpc) is 2.16. The van der Waals surface area contributed by atoms with Crippen molar-refractivity contribution in [3.05, 3.63) is 28.7 Å². The lowest BCUT2D eigenvalue weighted by molar-refractivity contribution is 0.256. The average molecular weight is 243 g/mol. The summed E-state index contributed by atoms with van der Waals surface area (Å²) in [5, 5.41) is 0. The lowest BCUT2D eigenvalue weighted by Crippen LogP contribution is -2.06. The van der Waals surface area contributed by atoms with Gasteiger partial charge in [-0.25, -0.2) is 0 Å². The van der Waals surface area contributed by atoms with Crippen LogP contribution in [0.5, 0.6) is 5.75 Å². The lowest BCUT2D eigenvalue weighted by atomic mass is 10.1. The monoisotopic (exact) mass is 242 g/mol. The van der Waals surface area contributed by atoms with Gasteiger partial charge in [-0.2, -0.15) is 0 Å². The smallest absolute Gasteiger partial charge is 0.119 e. The Morgan fingerprint density at radius 1 is 1.31 bits per heavy atom. The molecule has 1 atom stereocenters. The Kier molecular flexibility index (Phi) is 4.29. The molecule has 0 saturated carbocycles. The van der Waals surface area contributed by atoms with E-state index in [1.54, 1.807) is 0 Å². The van der Waals surface area contributed by atoms with Crippen LogP contribution < -0.4 is 4.74 Å². The zero-order chi connectivity index (χ0) is 9.68. The molecule has 72 valence electrons. The normalized spacial score (nSPS) is 12.5. The molecule has 0 aliphatic heterocycles. The molecular formula is C11H15BrO. The maximum atomic E-state index is 5.59. The van der Waals surface area contributed by atoms with E-state index in [2.05, 4.69) is 29.8 Å². The van der Waals surface area contributed by atoms with E-state index in [0.717, 1.165) is 23.2 Å². The fourth-order valence-electron chi connectivity index (χ4n) is 0.887. The summed E-state index contributed by atoms with van der Waals surface area (Å²) in [6.45, 7) is 5.17. The van der Waals surface area contributed by atoms with E-state index in [9.17, 15) is 0 Å². The van der Waals surface area contributed by atoms with Gasteiger partial charge in [0.2, 0.25) is 0 Å². The Labute approximate surface area is 88.2 Å². The van der Waals surface area contributed by atoms with Crippen molar-refractivity contribution in [2.75, 3.05) is 6.61 Å². The van der Waals surface area contributed by atoms with Crippen LogP contribution in [0.1, 0.15) is 20.3 Å². The van der Waals surface area contributed by atoms with Crippen LogP contribution in [0.2, 0.25) is 0 Å². The van der Waals surface area contributed by atoms with E-state index in [4.69, 9.17) is 4.74 Å². The maximum Gasteiger partial charge on any atom is 0.119 e. The molecule has 0 amide bonds. The van der Waals surface area contributed by atoms with Gasteiger partial charge in [0.1, 0.15) is 5.75 Å². The van der Waals surface area contributed by atoms with E-state index in [1.165, 1.54) is 0 Å². The topological polar surface area (TPSA) is 9.23 Å². The molecule has 2 heteroatoms. The Morgan fingerprint density at radius 2 is 1.92 bits per heavy atom. The van der Waals surface area contributed by atoms with Gasteiger partial charge in [-0.1, -0.05) is 36.2 Å². The molecular weight excluding hydrogens is 228 g/mol. The van der Waals surface area contributed by atoms with Crippen molar-refractivity contribution in [2.24, 2.45) is 5.92 Å². The lowest BCUT2D eigenvalue weighted by Gasteiger charge is -2.10. The van der Waals surface area contributed by atoms with Crippen molar-refractivity contribution in [2.45, 2.75) is 20.3 Å². The highest BCUT2D eigenvalue weighted by Gasteiger charge is 1.99. The summed E-state index contributed by atoms with van der Waals surface area (Å²) in [5.74, 6) is 1.58. The van der Waals surface area contributed by atoms with Gasteiger partial charge in [-0.15, -0.1) is 0 Å². The highest BCUT2D eigenvalue weighted by atomic mass is 79.9. The second-order valence-corrected chi connectivity index (χ2v) is 4.19. The fraction of sp³-hybridized carbons (Fsp3) is 0.455. The van der Waals surface area contributed by atoms with E-state index < -0.39 is 0 Å². The summed E-state index contributed by atoms with van der Waals surface area (Å²) < 4.78 is 6.68. The van der Waals surface area contributed by atoms with Crippen molar-refractivity contribution >= 4 is 15.9 Å². The van der Waals surface area contributed by atoms with Crippen molar-refractivity contribution in [3.8, 4) is 5.75 Å². The number of benzene rings is 1. The highest BCUT2D eigenvalue weighted by molar-refractivity contribution is 9.10. The van der Waals surface area contributed by atoms with Gasteiger partial charge in [0.05, 0.1) is 6.61 Å². The van der Waals surface area contributed by atoms with Gasteiger partial charge in [-0.3, -0.25) is 0 Å². The summed E-state index contributed by atoms with van der Waals surface area (Å²) in [7, 11) is 0. The Bertz CT molecular complexity index is 243. The van der Waals surface area contributed by atoms with Gasteiger partial charge in [0.15, 0.2) is 0 Å². The molecule has 1 aromatic carbocycles. The first-order valence-electron chi connectivity index (χ1n) is 4.60. The number of halogens is 1. The minimum Gasteiger partial charge on any atom is -0.493 e. The molecule has 0 aliphatic rings. The summed E-state index contributed by atoms with van der Waals surface area (Å²) in [6, 6.07) is 7.94. The summed E-state index contributed by atoms with van der Waals surface area (Å²) in [6.07, 6.45) is 1.16. The van der Waals surface area contributed by atoms with Crippen LogP contribution in [-0.2, 0) is 0 Å². The first-order valence-corrected chi connectivity index (χ1v) is 5.40. The molecule has 0 fully saturated rings. The molecule has 0 spiro atoms. The Morgan fingerprint density at radius 3 is 2.46 bits per heavy atom. The molecule has 0 N–H and O–H groups in total. The number of ether oxygens (including phenoxy) is 1. The highest BCUT2D eigenvalue weighted by Crippen LogP contribution is 2.16. The van der Waals surface area contributed by atoms with E-state index in [0.29, 0.717) is 5.92 Å². The summed E-state index contributed by atoms with van der Waals surface area (Å²) >= 11 is 3.38. The molecule has 1 nitrogen and oxygen atoms in total. The second kappa shape index (κ2) is 5.28. The predicted octanol–water partition coefficient (Wildman–Crippen LogP) is 3.87. The summed E-state index contributed by atoms with van der Waals surface area (Å²) in [4.78, 5) is 0. The molecule has 1 rings (SSSR count). The van der Waals surface area contributed by atoms with Crippen LogP contribution in [0.4, 0.5) is 0 Å². The van der Waals surface area contributed by atoms with Crippen molar-refractivity contribution in [3.63, 3.8) is 0 Å². The van der Waals surface area contributed by atoms with E-state index in [-0.39, 0.29) is 0 Å². The molecule has 1 aromatic rings. The third-order valence-electron chi connectivity index (χ3n) is 2.05. The zero-order valence-electron chi connectivity index (χ0n) is 8.09. The molecule has 0 aliphatic carbocycles. The molecule has 0 aromatic heterocycles. The number of rotatable bonds is 4. The second-order valence-electron chi connectivity index (χ2n) is 3.28. The van der Waals surface area contributed by atoms with Gasteiger partial charge >= 0.3 is 0 Å². The third kappa shape index (κ3) is 3.81. The fourth-order valence-corrected chi connectivity index (χ4v) is 1.15. The van der Waals surface area contributed by atoms with Gasteiger partial charge in [0, 0.05) is 4.47 Å². The molecule has 0 saturated heterocycles. The standard InChI is InChI=1S/C11H15BrO/c1-3-9(2)8-13-11-6-4-10(12)5-7-11/h4-7,9H,3,8H2,1-2H3/t9-/m0/s1. The first-order chi connectivity index (χ1) is 6.22. The first kappa shape index (κ1) is 10.6. The third-order valence-corrected chi connectivity index (χ3v) is 2.57. The van der Waals surface area contributed by atoms with Crippen LogP contribution in [0.3, 0.4) is 0 Å². The van der Waals surface area contributed by atoms with E-state index >= 15 is 0 Å². The molecule has 0 unspecified atom stereocenters. The predicted molar refractivity (Wildman–Crippen MR) is 59.1 cm³/mol. The van der Waals surface area contributed by atoms with Crippen LogP contribution in [0, 0.1) is 5.92 Å². The molecule has 0 heterocycles. The number of hydrogen-bond donors (Lipinski definition) is 0. The number of hydrogen-bond acceptors (Lipinski definition) is 1. The minimum absolute atomic E-state index is 0.628. The Hall–Kier alpha value is -0.500. The summed E-state index contributed by atoms with van der Waals surface area (Å²) in [5.41, 5.74) is 0. The largest absolute Gasteiger partial charge is 0.493 e. The van der Waals surface area contributed by atoms with Crippen molar-refractivity contribution in [1.82, 2.24) is 0 Å². The minimum atomic E-state index is 0.628. The van der Waals surface area contributed by atoms with Crippen LogP contribution in [0.25, 0.3) is 0 Å². The molecule has 13 heavy (non-hydrogen) atoms. The van der Waals surface area contributed by atoms with Gasteiger partial charge in [0.25, 0.3) is 0 Å². The quantitative estimate of drug-likeness (QED) is 0.779.